The smallest absolute Gasteiger partial charge is 0.251 e. The summed E-state index contributed by atoms with van der Waals surface area (Å²) in [6.07, 6.45) is 1.10. The lowest BCUT2D eigenvalue weighted by Gasteiger charge is -2.10. The average Bonchev–Trinajstić information content (AvgIpc) is 2.97. The summed E-state index contributed by atoms with van der Waals surface area (Å²) in [5.74, 6) is -0.128. The molecule has 106 valence electrons. The Morgan fingerprint density at radius 1 is 1.19 bits per heavy atom. The molecule has 4 heteroatoms. The molecule has 1 unspecified atom stereocenters. The third-order valence-electron chi connectivity index (χ3n) is 3.61. The zero-order valence-corrected chi connectivity index (χ0v) is 11.6. The van der Waals surface area contributed by atoms with Crippen LogP contribution in [-0.4, -0.2) is 23.0 Å². The highest BCUT2D eigenvalue weighted by Crippen LogP contribution is 2.29. The fourth-order valence-electron chi connectivity index (χ4n) is 2.48. The van der Waals surface area contributed by atoms with Gasteiger partial charge in [0.05, 0.1) is 0 Å². The number of aliphatic hydroxyl groups is 1. The molecule has 1 heterocycles. The third kappa shape index (κ3) is 2.41. The summed E-state index contributed by atoms with van der Waals surface area (Å²) in [5.41, 5.74) is 3.07. The van der Waals surface area contributed by atoms with Crippen molar-refractivity contribution in [1.82, 2.24) is 10.3 Å². The number of carbonyl (C=O) groups excluding carboxylic acids is 1. The van der Waals surface area contributed by atoms with Crippen molar-refractivity contribution in [3.8, 4) is 0 Å². The van der Waals surface area contributed by atoms with Gasteiger partial charge in [0, 0.05) is 35.3 Å². The average molecular weight is 280 g/mol. The van der Waals surface area contributed by atoms with Gasteiger partial charge in [-0.05, 0) is 17.7 Å². The second kappa shape index (κ2) is 5.42. The van der Waals surface area contributed by atoms with E-state index in [0.717, 1.165) is 22.0 Å². The van der Waals surface area contributed by atoms with Crippen molar-refractivity contribution in [2.75, 3.05) is 7.05 Å². The highest BCUT2D eigenvalue weighted by Gasteiger charge is 2.15. The maximum absolute atomic E-state index is 11.6. The molecular weight excluding hydrogens is 264 g/mol. The Morgan fingerprint density at radius 2 is 1.95 bits per heavy atom. The molecule has 2 aromatic carbocycles. The first-order chi connectivity index (χ1) is 10.2. The van der Waals surface area contributed by atoms with E-state index in [9.17, 15) is 9.90 Å². The molecule has 0 saturated carbocycles. The summed E-state index contributed by atoms with van der Waals surface area (Å²) in [6.45, 7) is 0. The van der Waals surface area contributed by atoms with Gasteiger partial charge in [0.25, 0.3) is 5.91 Å². The minimum absolute atomic E-state index is 0.128. The van der Waals surface area contributed by atoms with Gasteiger partial charge in [-0.1, -0.05) is 36.4 Å². The van der Waals surface area contributed by atoms with Gasteiger partial charge in [0.15, 0.2) is 0 Å². The molecule has 1 aromatic heterocycles. The van der Waals surface area contributed by atoms with Crippen LogP contribution in [0.1, 0.15) is 27.6 Å². The summed E-state index contributed by atoms with van der Waals surface area (Å²) in [6, 6.07) is 14.9. The SMILES string of the molecule is CNC(=O)c1ccc2c(C(O)c3ccccc3)c[nH]c2c1. The zero-order chi connectivity index (χ0) is 14.8. The van der Waals surface area contributed by atoms with Crippen LogP contribution in [0, 0.1) is 0 Å². The minimum Gasteiger partial charge on any atom is -0.384 e. The Bertz CT molecular complexity index is 778. The van der Waals surface area contributed by atoms with Gasteiger partial charge in [-0.15, -0.1) is 0 Å². The molecule has 21 heavy (non-hydrogen) atoms. The Labute approximate surface area is 122 Å². The maximum Gasteiger partial charge on any atom is 0.251 e. The van der Waals surface area contributed by atoms with Crippen molar-refractivity contribution < 1.29 is 9.90 Å². The lowest BCUT2D eigenvalue weighted by atomic mass is 10.0. The molecule has 0 radical (unpaired) electrons. The van der Waals surface area contributed by atoms with Crippen molar-refractivity contribution in [1.29, 1.82) is 0 Å². The van der Waals surface area contributed by atoms with E-state index < -0.39 is 6.10 Å². The van der Waals surface area contributed by atoms with Gasteiger partial charge in [-0.3, -0.25) is 4.79 Å². The highest BCUT2D eigenvalue weighted by molar-refractivity contribution is 5.98. The second-order valence-electron chi connectivity index (χ2n) is 4.90. The molecule has 4 nitrogen and oxygen atoms in total. The molecule has 1 amide bonds. The monoisotopic (exact) mass is 280 g/mol. The number of benzene rings is 2. The van der Waals surface area contributed by atoms with Crippen molar-refractivity contribution in [3.05, 3.63) is 71.4 Å². The molecule has 0 spiro atoms. The molecule has 3 rings (SSSR count). The van der Waals surface area contributed by atoms with Crippen LogP contribution in [0.2, 0.25) is 0 Å². The highest BCUT2D eigenvalue weighted by atomic mass is 16.3. The molecule has 0 aliphatic carbocycles. The summed E-state index contributed by atoms with van der Waals surface area (Å²) in [4.78, 5) is 14.8. The van der Waals surface area contributed by atoms with E-state index in [0.29, 0.717) is 5.56 Å². The number of nitrogens with one attached hydrogen (secondary N) is 2. The van der Waals surface area contributed by atoms with Crippen LogP contribution >= 0.6 is 0 Å². The van der Waals surface area contributed by atoms with Gasteiger partial charge in [-0.25, -0.2) is 0 Å². The predicted molar refractivity (Wildman–Crippen MR) is 82.2 cm³/mol. The molecule has 0 aliphatic heterocycles. The number of hydrogen-bond acceptors (Lipinski definition) is 2. The van der Waals surface area contributed by atoms with E-state index in [4.69, 9.17) is 0 Å². The number of carbonyl (C=O) groups is 1. The largest absolute Gasteiger partial charge is 0.384 e. The van der Waals surface area contributed by atoms with Crippen LogP contribution in [0.15, 0.2) is 54.7 Å². The molecule has 0 aliphatic rings. The summed E-state index contributed by atoms with van der Waals surface area (Å²) >= 11 is 0. The van der Waals surface area contributed by atoms with Crippen LogP contribution < -0.4 is 5.32 Å². The van der Waals surface area contributed by atoms with Crippen LogP contribution in [0.4, 0.5) is 0 Å². The fraction of sp³-hybridized carbons (Fsp3) is 0.118. The summed E-state index contributed by atoms with van der Waals surface area (Å²) in [7, 11) is 1.60. The Morgan fingerprint density at radius 3 is 2.67 bits per heavy atom. The zero-order valence-electron chi connectivity index (χ0n) is 11.6. The van der Waals surface area contributed by atoms with Crippen molar-refractivity contribution in [2.24, 2.45) is 0 Å². The third-order valence-corrected chi connectivity index (χ3v) is 3.61. The van der Waals surface area contributed by atoms with Crippen LogP contribution in [0.3, 0.4) is 0 Å². The molecule has 1 atom stereocenters. The normalized spacial score (nSPS) is 12.3. The Hall–Kier alpha value is -2.59. The number of aliphatic hydroxyl groups excluding tert-OH is 1. The van der Waals surface area contributed by atoms with Gasteiger partial charge >= 0.3 is 0 Å². The van der Waals surface area contributed by atoms with Gasteiger partial charge in [0.2, 0.25) is 0 Å². The van der Waals surface area contributed by atoms with E-state index in [1.807, 2.05) is 36.4 Å². The Balaban J connectivity index is 2.03. The molecule has 3 N–H and O–H groups in total. The molecular formula is C17H16N2O2. The van der Waals surface area contributed by atoms with Crippen LogP contribution in [0.5, 0.6) is 0 Å². The number of aromatic amines is 1. The molecule has 0 bridgehead atoms. The van der Waals surface area contributed by atoms with Crippen molar-refractivity contribution >= 4 is 16.8 Å². The topological polar surface area (TPSA) is 65.1 Å². The first-order valence-electron chi connectivity index (χ1n) is 6.77. The number of hydrogen-bond donors (Lipinski definition) is 3. The molecule has 0 fully saturated rings. The summed E-state index contributed by atoms with van der Waals surface area (Å²) in [5, 5.41) is 14.0. The minimum atomic E-state index is -0.689. The lowest BCUT2D eigenvalue weighted by Crippen LogP contribution is -2.17. The fourth-order valence-corrected chi connectivity index (χ4v) is 2.48. The number of H-pyrrole nitrogens is 1. The lowest BCUT2D eigenvalue weighted by molar-refractivity contribution is 0.0963. The standard InChI is InChI=1S/C17H16N2O2/c1-18-17(21)12-7-8-13-14(10-19-15(13)9-12)16(20)11-5-3-2-4-6-11/h2-10,16,19-20H,1H3,(H,18,21). The van der Waals surface area contributed by atoms with Gasteiger partial charge in [-0.2, -0.15) is 0 Å². The van der Waals surface area contributed by atoms with E-state index in [-0.39, 0.29) is 5.91 Å². The van der Waals surface area contributed by atoms with Gasteiger partial charge in [0.1, 0.15) is 6.10 Å². The quantitative estimate of drug-likeness (QED) is 0.690. The molecule has 3 aromatic rings. The molecule has 0 saturated heterocycles. The number of amides is 1. The maximum atomic E-state index is 11.6. The Kier molecular flexibility index (Phi) is 3.46. The summed E-state index contributed by atoms with van der Waals surface area (Å²) < 4.78 is 0. The first kappa shape index (κ1) is 13.4. The van der Waals surface area contributed by atoms with Crippen molar-refractivity contribution in [3.63, 3.8) is 0 Å². The first-order valence-corrected chi connectivity index (χ1v) is 6.77. The van der Waals surface area contributed by atoms with E-state index in [2.05, 4.69) is 10.3 Å². The van der Waals surface area contributed by atoms with E-state index in [1.165, 1.54) is 0 Å². The number of aromatic nitrogens is 1. The van der Waals surface area contributed by atoms with Gasteiger partial charge < -0.3 is 15.4 Å². The van der Waals surface area contributed by atoms with E-state index >= 15 is 0 Å². The number of fused-ring (bicyclic) bond motifs is 1. The number of rotatable bonds is 3. The van der Waals surface area contributed by atoms with E-state index in [1.54, 1.807) is 25.4 Å². The van der Waals surface area contributed by atoms with Crippen molar-refractivity contribution in [2.45, 2.75) is 6.10 Å². The van der Waals surface area contributed by atoms with Crippen LogP contribution in [0.25, 0.3) is 10.9 Å². The second-order valence-corrected chi connectivity index (χ2v) is 4.90. The van der Waals surface area contributed by atoms with Crippen LogP contribution in [-0.2, 0) is 0 Å². The predicted octanol–water partition coefficient (Wildman–Crippen LogP) is 2.61.